The van der Waals surface area contributed by atoms with Crippen LogP contribution in [0.4, 0.5) is 0 Å². The highest BCUT2D eigenvalue weighted by atomic mass is 28.3. The lowest BCUT2D eigenvalue weighted by atomic mass is 10.5. The van der Waals surface area contributed by atoms with Crippen LogP contribution in [0.25, 0.3) is 0 Å². The smallest absolute Gasteiger partial charge is 0.0812 e. The van der Waals surface area contributed by atoms with Gasteiger partial charge in [-0.1, -0.05) is 71.3 Å². The van der Waals surface area contributed by atoms with E-state index in [1.807, 2.05) is 0 Å². The van der Waals surface area contributed by atoms with Gasteiger partial charge in [0.15, 0.2) is 0 Å². The molecule has 0 nitrogen and oxygen atoms in total. The predicted molar refractivity (Wildman–Crippen MR) is 76.5 cm³/mol. The molecule has 3 rings (SSSR count). The molecule has 0 aromatic rings. The van der Waals surface area contributed by atoms with Gasteiger partial charge in [0.1, 0.15) is 16.1 Å². The van der Waals surface area contributed by atoms with E-state index in [4.69, 9.17) is 0 Å². The van der Waals surface area contributed by atoms with E-state index < -0.39 is 16.1 Å². The SMILES string of the molecule is C[Si]1(C)C2=CCC=C2[Si](C)(C)C2=CCC=C21. The maximum atomic E-state index is 2.53. The lowest BCUT2D eigenvalue weighted by molar-refractivity contribution is 1.43. The van der Waals surface area contributed by atoms with Crippen LogP contribution in [0.3, 0.4) is 0 Å². The highest BCUT2D eigenvalue weighted by molar-refractivity contribution is 7.06. The molecule has 0 aromatic carbocycles. The van der Waals surface area contributed by atoms with Gasteiger partial charge >= 0.3 is 0 Å². The molecule has 1 fully saturated rings. The first-order valence-electron chi connectivity index (χ1n) is 6.29. The van der Waals surface area contributed by atoms with Crippen LogP contribution in [0.1, 0.15) is 12.8 Å². The fraction of sp³-hybridized carbons (Fsp3) is 0.429. The Hall–Kier alpha value is -0.606. The summed E-state index contributed by atoms with van der Waals surface area (Å²) in [7, 11) is -2.64. The zero-order chi connectivity index (χ0) is 11.6. The second-order valence-electron chi connectivity index (χ2n) is 6.19. The average Bonchev–Trinajstić information content (AvgIpc) is 2.86. The fourth-order valence-electron chi connectivity index (χ4n) is 3.69. The van der Waals surface area contributed by atoms with Gasteiger partial charge in [0.05, 0.1) is 0 Å². The van der Waals surface area contributed by atoms with Gasteiger partial charge < -0.3 is 0 Å². The van der Waals surface area contributed by atoms with Crippen molar-refractivity contribution in [3.05, 3.63) is 45.1 Å². The summed E-state index contributed by atoms with van der Waals surface area (Å²) < 4.78 is 0. The van der Waals surface area contributed by atoms with Crippen molar-refractivity contribution in [1.82, 2.24) is 0 Å². The summed E-state index contributed by atoms with van der Waals surface area (Å²) in [6, 6.07) is 0. The Labute approximate surface area is 100 Å². The van der Waals surface area contributed by atoms with Crippen molar-refractivity contribution in [1.29, 1.82) is 0 Å². The van der Waals surface area contributed by atoms with Gasteiger partial charge in [-0.25, -0.2) is 0 Å². The van der Waals surface area contributed by atoms with Crippen molar-refractivity contribution in [2.75, 3.05) is 0 Å². The normalized spacial score (nSPS) is 28.8. The van der Waals surface area contributed by atoms with Gasteiger partial charge in [0.2, 0.25) is 0 Å². The molecule has 0 saturated carbocycles. The standard InChI is InChI=1S/C14H20Si2/c1-15(2)11-7-5-9-13(11)16(3,4)14-10-6-8-12(14)15/h7-10H,5-6H2,1-4H3. The monoisotopic (exact) mass is 244 g/mol. The molecule has 1 saturated heterocycles. The van der Waals surface area contributed by atoms with Crippen LogP contribution < -0.4 is 0 Å². The maximum absolute atomic E-state index is 2.53. The van der Waals surface area contributed by atoms with E-state index in [1.165, 1.54) is 12.8 Å². The molecule has 16 heavy (non-hydrogen) atoms. The van der Waals surface area contributed by atoms with Gasteiger partial charge in [0, 0.05) is 0 Å². The fourth-order valence-corrected chi connectivity index (χ4v) is 13.6. The highest BCUT2D eigenvalue weighted by Gasteiger charge is 2.49. The van der Waals surface area contributed by atoms with E-state index >= 15 is 0 Å². The summed E-state index contributed by atoms with van der Waals surface area (Å²) in [6.07, 6.45) is 12.5. The Morgan fingerprint density at radius 1 is 0.625 bits per heavy atom. The van der Waals surface area contributed by atoms with E-state index in [9.17, 15) is 0 Å². The van der Waals surface area contributed by atoms with Crippen LogP contribution in [0.2, 0.25) is 26.2 Å². The van der Waals surface area contributed by atoms with Crippen LogP contribution in [0.5, 0.6) is 0 Å². The lowest BCUT2D eigenvalue weighted by Gasteiger charge is -2.44. The van der Waals surface area contributed by atoms with Crippen molar-refractivity contribution in [3.63, 3.8) is 0 Å². The number of hydrogen-bond donors (Lipinski definition) is 0. The van der Waals surface area contributed by atoms with Gasteiger partial charge in [-0.05, 0) is 12.8 Å². The molecule has 0 N–H and O–H groups in total. The molecule has 0 atom stereocenters. The molecular weight excluding hydrogens is 224 g/mol. The summed E-state index contributed by atoms with van der Waals surface area (Å²) >= 11 is 0. The van der Waals surface area contributed by atoms with E-state index in [0.29, 0.717) is 0 Å². The van der Waals surface area contributed by atoms with Crippen molar-refractivity contribution in [3.8, 4) is 0 Å². The zero-order valence-electron chi connectivity index (χ0n) is 10.7. The lowest BCUT2D eigenvalue weighted by Crippen LogP contribution is -2.49. The molecule has 1 heterocycles. The van der Waals surface area contributed by atoms with Crippen molar-refractivity contribution in [2.45, 2.75) is 39.0 Å². The number of rotatable bonds is 0. The topological polar surface area (TPSA) is 0 Å². The van der Waals surface area contributed by atoms with Crippen LogP contribution in [-0.2, 0) is 0 Å². The van der Waals surface area contributed by atoms with E-state index in [2.05, 4.69) is 50.5 Å². The third kappa shape index (κ3) is 1.09. The molecule has 0 aromatic heterocycles. The second-order valence-corrected chi connectivity index (χ2v) is 14.8. The summed E-state index contributed by atoms with van der Waals surface area (Å²) in [4.78, 5) is 0. The molecule has 3 aliphatic rings. The molecule has 0 bridgehead atoms. The van der Waals surface area contributed by atoms with E-state index in [-0.39, 0.29) is 0 Å². The molecule has 0 unspecified atom stereocenters. The predicted octanol–water partition coefficient (Wildman–Crippen LogP) is 4.09. The summed E-state index contributed by atoms with van der Waals surface area (Å²) in [6.45, 7) is 10.1. The number of fused-ring (bicyclic) bond motifs is 2. The highest BCUT2D eigenvalue weighted by Crippen LogP contribution is 2.50. The van der Waals surface area contributed by atoms with Crippen LogP contribution in [0, 0.1) is 0 Å². The zero-order valence-corrected chi connectivity index (χ0v) is 12.7. The quantitative estimate of drug-likeness (QED) is 0.563. The molecule has 84 valence electrons. The van der Waals surface area contributed by atoms with Gasteiger partial charge in [-0.15, -0.1) is 0 Å². The molecule has 2 heteroatoms. The Morgan fingerprint density at radius 3 is 1.12 bits per heavy atom. The largest absolute Gasteiger partial charge is 0.111 e. The number of allylic oxidation sites excluding steroid dienone is 8. The molecule has 0 spiro atoms. The minimum atomic E-state index is -1.32. The van der Waals surface area contributed by atoms with Crippen molar-refractivity contribution in [2.24, 2.45) is 0 Å². The van der Waals surface area contributed by atoms with Crippen LogP contribution >= 0.6 is 0 Å². The maximum Gasteiger partial charge on any atom is 0.111 e. The third-order valence-corrected chi connectivity index (χ3v) is 12.3. The second kappa shape index (κ2) is 2.99. The Kier molecular flexibility index (Phi) is 1.97. The average molecular weight is 244 g/mol. The molecule has 0 amide bonds. The summed E-state index contributed by atoms with van der Waals surface area (Å²) in [5.41, 5.74) is 0. The molecular formula is C14H20Si2. The molecule has 1 aliphatic heterocycles. The Morgan fingerprint density at radius 2 is 0.875 bits per heavy atom. The minimum absolute atomic E-state index is 1.19. The van der Waals surface area contributed by atoms with Gasteiger partial charge in [-0.3, -0.25) is 0 Å². The van der Waals surface area contributed by atoms with Crippen LogP contribution in [-0.4, -0.2) is 16.1 Å². The minimum Gasteiger partial charge on any atom is -0.0812 e. The Balaban J connectivity index is 2.27. The first-order valence-corrected chi connectivity index (χ1v) is 12.3. The van der Waals surface area contributed by atoms with Gasteiger partial charge in [0.25, 0.3) is 0 Å². The van der Waals surface area contributed by atoms with Crippen molar-refractivity contribution < 1.29 is 0 Å². The molecule has 2 aliphatic carbocycles. The van der Waals surface area contributed by atoms with Gasteiger partial charge in [-0.2, -0.15) is 0 Å². The van der Waals surface area contributed by atoms with Crippen LogP contribution in [0.15, 0.2) is 45.1 Å². The van der Waals surface area contributed by atoms with Crippen molar-refractivity contribution >= 4 is 16.1 Å². The first-order chi connectivity index (χ1) is 7.45. The molecule has 0 radical (unpaired) electrons. The summed E-state index contributed by atoms with van der Waals surface area (Å²) in [5, 5.41) is 7.09. The number of hydrogen-bond acceptors (Lipinski definition) is 0. The first kappa shape index (κ1) is 10.5. The van der Waals surface area contributed by atoms with E-state index in [1.54, 1.807) is 20.8 Å². The van der Waals surface area contributed by atoms with E-state index in [0.717, 1.165) is 0 Å². The Bertz CT molecular complexity index is 399. The third-order valence-electron chi connectivity index (χ3n) is 4.56. The summed E-state index contributed by atoms with van der Waals surface area (Å²) in [5.74, 6) is 0.